The van der Waals surface area contributed by atoms with Gasteiger partial charge in [0.05, 0.1) is 5.41 Å². The van der Waals surface area contributed by atoms with Gasteiger partial charge in [-0.3, -0.25) is 4.79 Å². The summed E-state index contributed by atoms with van der Waals surface area (Å²) in [5.74, 6) is 1.07. The molecule has 1 N–H and O–H groups in total. The maximum absolute atomic E-state index is 12.2. The van der Waals surface area contributed by atoms with E-state index in [0.29, 0.717) is 11.7 Å². The Hall–Kier alpha value is -1.51. The van der Waals surface area contributed by atoms with E-state index in [1.807, 2.05) is 6.92 Å². The Bertz CT molecular complexity index is 466. The van der Waals surface area contributed by atoms with Gasteiger partial charge in [0.2, 0.25) is 0 Å². The first kappa shape index (κ1) is 12.9. The number of rotatable bonds is 3. The van der Waals surface area contributed by atoms with Crippen LogP contribution in [-0.2, 0) is 4.79 Å². The SMILES string of the molecule is CCC1(C(=O)Oc2cc(C)c(O)c(C)c2)CC1C. The van der Waals surface area contributed by atoms with Crippen molar-refractivity contribution in [3.8, 4) is 11.5 Å². The van der Waals surface area contributed by atoms with Crippen LogP contribution >= 0.6 is 0 Å². The predicted octanol–water partition coefficient (Wildman–Crippen LogP) is 3.35. The first-order chi connectivity index (χ1) is 8.40. The molecule has 0 aromatic heterocycles. The second kappa shape index (κ2) is 4.30. The zero-order chi connectivity index (χ0) is 13.5. The molecule has 0 bridgehead atoms. The fourth-order valence-electron chi connectivity index (χ4n) is 2.59. The van der Waals surface area contributed by atoms with Crippen molar-refractivity contribution in [3.05, 3.63) is 23.3 Å². The summed E-state index contributed by atoms with van der Waals surface area (Å²) in [4.78, 5) is 12.2. The molecule has 2 unspecified atom stereocenters. The van der Waals surface area contributed by atoms with Crippen molar-refractivity contribution in [1.82, 2.24) is 0 Å². The van der Waals surface area contributed by atoms with Gasteiger partial charge in [0, 0.05) is 0 Å². The van der Waals surface area contributed by atoms with Crippen molar-refractivity contribution in [2.75, 3.05) is 0 Å². The highest BCUT2D eigenvalue weighted by molar-refractivity contribution is 5.82. The minimum absolute atomic E-state index is 0.137. The van der Waals surface area contributed by atoms with Crippen molar-refractivity contribution in [2.45, 2.75) is 40.5 Å². The molecule has 3 heteroatoms. The lowest BCUT2D eigenvalue weighted by Gasteiger charge is -2.14. The van der Waals surface area contributed by atoms with E-state index in [1.54, 1.807) is 26.0 Å². The highest BCUT2D eigenvalue weighted by Crippen LogP contribution is 2.55. The molecule has 18 heavy (non-hydrogen) atoms. The normalized spacial score (nSPS) is 25.9. The maximum atomic E-state index is 12.2. The summed E-state index contributed by atoms with van der Waals surface area (Å²) in [6.45, 7) is 7.71. The minimum Gasteiger partial charge on any atom is -0.507 e. The highest BCUT2D eigenvalue weighted by atomic mass is 16.5. The second-order valence-corrected chi connectivity index (χ2v) is 5.41. The number of aryl methyl sites for hydroxylation is 2. The summed E-state index contributed by atoms with van der Waals surface area (Å²) in [5.41, 5.74) is 1.18. The molecule has 2 rings (SSSR count). The van der Waals surface area contributed by atoms with Gasteiger partial charge in [-0.05, 0) is 55.9 Å². The van der Waals surface area contributed by atoms with Crippen LogP contribution in [0.25, 0.3) is 0 Å². The van der Waals surface area contributed by atoms with Crippen molar-refractivity contribution >= 4 is 5.97 Å². The van der Waals surface area contributed by atoms with Gasteiger partial charge < -0.3 is 9.84 Å². The Morgan fingerprint density at radius 1 is 1.44 bits per heavy atom. The monoisotopic (exact) mass is 248 g/mol. The van der Waals surface area contributed by atoms with Gasteiger partial charge in [-0.15, -0.1) is 0 Å². The fraction of sp³-hybridized carbons (Fsp3) is 0.533. The largest absolute Gasteiger partial charge is 0.507 e. The zero-order valence-electron chi connectivity index (χ0n) is 11.4. The van der Waals surface area contributed by atoms with E-state index in [4.69, 9.17) is 4.74 Å². The topological polar surface area (TPSA) is 46.5 Å². The molecule has 3 nitrogen and oxygen atoms in total. The van der Waals surface area contributed by atoms with Gasteiger partial charge >= 0.3 is 5.97 Å². The number of aromatic hydroxyl groups is 1. The van der Waals surface area contributed by atoms with Crippen LogP contribution in [0.4, 0.5) is 0 Å². The van der Waals surface area contributed by atoms with Crippen LogP contribution in [0.15, 0.2) is 12.1 Å². The Balaban J connectivity index is 2.18. The molecule has 0 radical (unpaired) electrons. The molecule has 0 spiro atoms. The quantitative estimate of drug-likeness (QED) is 0.659. The maximum Gasteiger partial charge on any atom is 0.317 e. The first-order valence-corrected chi connectivity index (χ1v) is 6.43. The number of esters is 1. The van der Waals surface area contributed by atoms with E-state index in [-0.39, 0.29) is 17.1 Å². The molecule has 2 atom stereocenters. The summed E-state index contributed by atoms with van der Waals surface area (Å²) in [6, 6.07) is 3.41. The average molecular weight is 248 g/mol. The third-order valence-electron chi connectivity index (χ3n) is 4.17. The number of hydrogen-bond donors (Lipinski definition) is 1. The van der Waals surface area contributed by atoms with Gasteiger partial charge in [0.1, 0.15) is 11.5 Å². The van der Waals surface area contributed by atoms with Crippen molar-refractivity contribution in [1.29, 1.82) is 0 Å². The molecule has 1 aliphatic carbocycles. The Labute approximate surface area is 108 Å². The highest BCUT2D eigenvalue weighted by Gasteiger charge is 2.57. The summed E-state index contributed by atoms with van der Waals surface area (Å²) in [7, 11) is 0. The third kappa shape index (κ3) is 1.98. The molecule has 1 aromatic carbocycles. The standard InChI is InChI=1S/C15H20O3/c1-5-15(8-11(15)4)14(17)18-12-6-9(2)13(16)10(3)7-12/h6-7,11,16H,5,8H2,1-4H3. The molecule has 1 aromatic rings. The Morgan fingerprint density at radius 3 is 2.33 bits per heavy atom. The van der Waals surface area contributed by atoms with Crippen LogP contribution in [0.2, 0.25) is 0 Å². The lowest BCUT2D eigenvalue weighted by atomic mass is 10.0. The van der Waals surface area contributed by atoms with E-state index >= 15 is 0 Å². The van der Waals surface area contributed by atoms with Crippen molar-refractivity contribution in [3.63, 3.8) is 0 Å². The van der Waals surface area contributed by atoms with E-state index in [1.165, 1.54) is 0 Å². The van der Waals surface area contributed by atoms with Crippen LogP contribution in [0.1, 0.15) is 37.8 Å². The molecule has 0 aliphatic heterocycles. The molecule has 0 amide bonds. The summed E-state index contributed by atoms with van der Waals surface area (Å²) in [6.07, 6.45) is 1.74. The van der Waals surface area contributed by atoms with Crippen molar-refractivity contribution < 1.29 is 14.6 Å². The lowest BCUT2D eigenvalue weighted by molar-refractivity contribution is -0.141. The van der Waals surface area contributed by atoms with E-state index in [9.17, 15) is 9.90 Å². The van der Waals surface area contributed by atoms with Crippen LogP contribution in [0, 0.1) is 25.2 Å². The van der Waals surface area contributed by atoms with E-state index < -0.39 is 0 Å². The summed E-state index contributed by atoms with van der Waals surface area (Å²) < 4.78 is 5.47. The number of hydrogen-bond acceptors (Lipinski definition) is 3. The van der Waals surface area contributed by atoms with Gasteiger partial charge in [0.15, 0.2) is 0 Å². The molecule has 0 saturated heterocycles. The van der Waals surface area contributed by atoms with Crippen LogP contribution in [0.5, 0.6) is 11.5 Å². The van der Waals surface area contributed by atoms with Crippen LogP contribution in [-0.4, -0.2) is 11.1 Å². The van der Waals surface area contributed by atoms with E-state index in [0.717, 1.165) is 24.0 Å². The van der Waals surface area contributed by atoms with E-state index in [2.05, 4.69) is 6.92 Å². The number of carbonyl (C=O) groups is 1. The van der Waals surface area contributed by atoms with Crippen LogP contribution in [0.3, 0.4) is 0 Å². The Morgan fingerprint density at radius 2 is 1.94 bits per heavy atom. The molecule has 98 valence electrons. The number of phenolic OH excluding ortho intramolecular Hbond substituents is 1. The molecule has 1 fully saturated rings. The molecule has 1 aliphatic rings. The molecular weight excluding hydrogens is 228 g/mol. The molecule has 0 heterocycles. The first-order valence-electron chi connectivity index (χ1n) is 6.43. The lowest BCUT2D eigenvalue weighted by Crippen LogP contribution is -2.23. The smallest absolute Gasteiger partial charge is 0.317 e. The third-order valence-corrected chi connectivity index (χ3v) is 4.17. The average Bonchev–Trinajstić information content (AvgIpc) is 2.98. The van der Waals surface area contributed by atoms with Gasteiger partial charge in [-0.2, -0.15) is 0 Å². The summed E-state index contributed by atoms with van der Waals surface area (Å²) >= 11 is 0. The summed E-state index contributed by atoms with van der Waals surface area (Å²) in [5, 5.41) is 9.68. The number of phenols is 1. The predicted molar refractivity (Wildman–Crippen MR) is 69.7 cm³/mol. The van der Waals surface area contributed by atoms with Crippen molar-refractivity contribution in [2.24, 2.45) is 11.3 Å². The van der Waals surface area contributed by atoms with Gasteiger partial charge in [0.25, 0.3) is 0 Å². The zero-order valence-corrected chi connectivity index (χ0v) is 11.4. The number of ether oxygens (including phenoxy) is 1. The second-order valence-electron chi connectivity index (χ2n) is 5.41. The number of benzene rings is 1. The van der Waals surface area contributed by atoms with Gasteiger partial charge in [-0.25, -0.2) is 0 Å². The van der Waals surface area contributed by atoms with Crippen LogP contribution < -0.4 is 4.74 Å². The Kier molecular flexibility index (Phi) is 3.09. The minimum atomic E-state index is -0.278. The molecular formula is C15H20O3. The fourth-order valence-corrected chi connectivity index (χ4v) is 2.59. The molecule has 1 saturated carbocycles. The van der Waals surface area contributed by atoms with Gasteiger partial charge in [-0.1, -0.05) is 13.8 Å². The number of carbonyl (C=O) groups excluding carboxylic acids is 1.